The normalized spacial score (nSPS) is 10.0. The molecule has 22 heavy (non-hydrogen) atoms. The molecule has 0 aliphatic carbocycles. The Morgan fingerprint density at radius 2 is 1.45 bits per heavy atom. The number of benzene rings is 2. The third kappa shape index (κ3) is 7.48. The molecule has 2 aromatic carbocycles. The number of hydrogen-bond donors (Lipinski definition) is 1. The molecule has 2 nitrogen and oxygen atoms in total. The van der Waals surface area contributed by atoms with Gasteiger partial charge in [-0.05, 0) is 49.8 Å². The van der Waals surface area contributed by atoms with Crippen molar-refractivity contribution >= 4 is 17.3 Å². The average Bonchev–Trinajstić information content (AvgIpc) is 2.56. The van der Waals surface area contributed by atoms with Crippen LogP contribution in [0.5, 0.6) is 0 Å². The summed E-state index contributed by atoms with van der Waals surface area (Å²) in [5, 5.41) is 3.96. The highest BCUT2D eigenvalue weighted by Gasteiger charge is 1.98. The maximum absolute atomic E-state index is 5.68. The van der Waals surface area contributed by atoms with Crippen LogP contribution in [0.4, 0.5) is 5.69 Å². The van der Waals surface area contributed by atoms with Gasteiger partial charge in [-0.2, -0.15) is 0 Å². The summed E-state index contributed by atoms with van der Waals surface area (Å²) in [6.07, 6.45) is 0. The van der Waals surface area contributed by atoms with Crippen molar-refractivity contribution < 1.29 is 0 Å². The van der Waals surface area contributed by atoms with E-state index in [4.69, 9.17) is 11.6 Å². The zero-order valence-corrected chi connectivity index (χ0v) is 14.6. The number of hydrogen-bond acceptors (Lipinski definition) is 2. The fourth-order valence-electron chi connectivity index (χ4n) is 2.06. The van der Waals surface area contributed by atoms with Crippen molar-refractivity contribution in [3.05, 3.63) is 65.2 Å². The second-order valence-electron chi connectivity index (χ2n) is 4.98. The van der Waals surface area contributed by atoms with E-state index in [0.717, 1.165) is 36.9 Å². The second kappa shape index (κ2) is 11.1. The van der Waals surface area contributed by atoms with Crippen LogP contribution >= 0.6 is 11.6 Å². The van der Waals surface area contributed by atoms with Crippen LogP contribution in [-0.2, 0) is 6.54 Å². The minimum Gasteiger partial charge on any atom is -0.385 e. The molecule has 0 saturated carbocycles. The van der Waals surface area contributed by atoms with Crippen molar-refractivity contribution in [2.45, 2.75) is 27.3 Å². The monoisotopic (exact) mass is 318 g/mol. The maximum atomic E-state index is 5.68. The number of nitrogens with one attached hydrogen (secondary N) is 1. The molecule has 0 heterocycles. The van der Waals surface area contributed by atoms with Crippen LogP contribution in [0.15, 0.2) is 54.6 Å². The maximum Gasteiger partial charge on any atom is 0.0407 e. The Balaban J connectivity index is 0.000000224. The van der Waals surface area contributed by atoms with Crippen LogP contribution in [0, 0.1) is 0 Å². The molecule has 3 heteroatoms. The van der Waals surface area contributed by atoms with Crippen LogP contribution in [-0.4, -0.2) is 24.5 Å². The molecule has 2 aromatic rings. The molecule has 0 aromatic heterocycles. The fraction of sp³-hybridized carbons (Fsp3) is 0.368. The molecule has 0 aliphatic heterocycles. The first-order chi connectivity index (χ1) is 10.7. The molecule has 0 atom stereocenters. The van der Waals surface area contributed by atoms with E-state index in [1.165, 1.54) is 5.56 Å². The Hall–Kier alpha value is -1.51. The summed E-state index contributed by atoms with van der Waals surface area (Å²) in [5.41, 5.74) is 2.52. The standard InChI is InChI=1S/C11H17N.C8H10ClN/c1-3-12(4-2)10-11-8-6-5-7-9-11;1-2-10-8-5-3-7(9)4-6-8/h5-9H,3-4,10H2,1-2H3;3-6,10H,2H2,1H3. The van der Waals surface area contributed by atoms with Gasteiger partial charge in [-0.1, -0.05) is 55.8 Å². The number of nitrogens with zero attached hydrogens (tertiary/aromatic N) is 1. The summed E-state index contributed by atoms with van der Waals surface area (Å²) in [6, 6.07) is 18.3. The minimum absolute atomic E-state index is 0.779. The van der Waals surface area contributed by atoms with Gasteiger partial charge < -0.3 is 5.32 Å². The lowest BCUT2D eigenvalue weighted by molar-refractivity contribution is 0.296. The molecule has 0 fully saturated rings. The van der Waals surface area contributed by atoms with Crippen LogP contribution in [0.3, 0.4) is 0 Å². The van der Waals surface area contributed by atoms with Crippen molar-refractivity contribution in [1.82, 2.24) is 4.90 Å². The van der Waals surface area contributed by atoms with E-state index in [2.05, 4.69) is 61.3 Å². The van der Waals surface area contributed by atoms with E-state index in [-0.39, 0.29) is 0 Å². The summed E-state index contributed by atoms with van der Waals surface area (Å²) in [5.74, 6) is 0. The van der Waals surface area contributed by atoms with Crippen LogP contribution in [0.1, 0.15) is 26.3 Å². The molecule has 0 bridgehead atoms. The Bertz CT molecular complexity index is 493. The predicted molar refractivity (Wildman–Crippen MR) is 98.7 cm³/mol. The van der Waals surface area contributed by atoms with E-state index in [1.54, 1.807) is 0 Å². The number of anilines is 1. The minimum atomic E-state index is 0.779. The largest absolute Gasteiger partial charge is 0.385 e. The van der Waals surface area contributed by atoms with Gasteiger partial charge in [0.1, 0.15) is 0 Å². The molecule has 0 radical (unpaired) electrons. The average molecular weight is 319 g/mol. The fourth-order valence-corrected chi connectivity index (χ4v) is 2.19. The van der Waals surface area contributed by atoms with E-state index in [0.29, 0.717) is 0 Å². The van der Waals surface area contributed by atoms with E-state index < -0.39 is 0 Å². The molecule has 2 rings (SSSR count). The molecule has 0 aliphatic rings. The summed E-state index contributed by atoms with van der Waals surface area (Å²) in [6.45, 7) is 10.7. The van der Waals surface area contributed by atoms with E-state index >= 15 is 0 Å². The highest BCUT2D eigenvalue weighted by Crippen LogP contribution is 2.12. The molecule has 120 valence electrons. The Morgan fingerprint density at radius 3 is 1.95 bits per heavy atom. The first-order valence-electron chi connectivity index (χ1n) is 7.95. The predicted octanol–water partition coefficient (Wildman–Crippen LogP) is 5.30. The Morgan fingerprint density at radius 1 is 0.864 bits per heavy atom. The van der Waals surface area contributed by atoms with Crippen LogP contribution in [0.25, 0.3) is 0 Å². The van der Waals surface area contributed by atoms with Crippen LogP contribution < -0.4 is 5.32 Å². The van der Waals surface area contributed by atoms with Gasteiger partial charge in [0.05, 0.1) is 0 Å². The first kappa shape index (κ1) is 18.5. The molecular formula is C19H27ClN2. The van der Waals surface area contributed by atoms with Crippen molar-refractivity contribution in [3.63, 3.8) is 0 Å². The summed E-state index contributed by atoms with van der Waals surface area (Å²) in [4.78, 5) is 2.41. The van der Waals surface area contributed by atoms with Gasteiger partial charge in [0.15, 0.2) is 0 Å². The van der Waals surface area contributed by atoms with Crippen molar-refractivity contribution in [3.8, 4) is 0 Å². The first-order valence-corrected chi connectivity index (χ1v) is 8.33. The van der Waals surface area contributed by atoms with Gasteiger partial charge in [0.2, 0.25) is 0 Å². The Kier molecular flexibility index (Phi) is 9.36. The van der Waals surface area contributed by atoms with Gasteiger partial charge in [0, 0.05) is 23.8 Å². The van der Waals surface area contributed by atoms with Crippen molar-refractivity contribution in [2.75, 3.05) is 25.0 Å². The van der Waals surface area contributed by atoms with Gasteiger partial charge in [-0.3, -0.25) is 4.90 Å². The number of halogens is 1. The highest BCUT2D eigenvalue weighted by atomic mass is 35.5. The quantitative estimate of drug-likeness (QED) is 0.777. The molecular weight excluding hydrogens is 292 g/mol. The molecule has 1 N–H and O–H groups in total. The zero-order chi connectivity index (χ0) is 16.2. The summed E-state index contributed by atoms with van der Waals surface area (Å²) < 4.78 is 0. The topological polar surface area (TPSA) is 15.3 Å². The zero-order valence-electron chi connectivity index (χ0n) is 13.8. The lowest BCUT2D eigenvalue weighted by atomic mass is 10.2. The lowest BCUT2D eigenvalue weighted by Gasteiger charge is -2.17. The van der Waals surface area contributed by atoms with E-state index in [9.17, 15) is 0 Å². The van der Waals surface area contributed by atoms with Gasteiger partial charge in [0.25, 0.3) is 0 Å². The third-order valence-electron chi connectivity index (χ3n) is 3.37. The third-order valence-corrected chi connectivity index (χ3v) is 3.62. The van der Waals surface area contributed by atoms with Crippen LogP contribution in [0.2, 0.25) is 5.02 Å². The second-order valence-corrected chi connectivity index (χ2v) is 5.42. The molecule has 0 spiro atoms. The van der Waals surface area contributed by atoms with E-state index in [1.807, 2.05) is 24.3 Å². The summed E-state index contributed by atoms with van der Waals surface area (Å²) in [7, 11) is 0. The van der Waals surface area contributed by atoms with Gasteiger partial charge >= 0.3 is 0 Å². The molecule has 0 amide bonds. The number of rotatable bonds is 6. The molecule has 0 unspecified atom stereocenters. The van der Waals surface area contributed by atoms with Crippen molar-refractivity contribution in [2.24, 2.45) is 0 Å². The highest BCUT2D eigenvalue weighted by molar-refractivity contribution is 6.30. The van der Waals surface area contributed by atoms with Gasteiger partial charge in [-0.25, -0.2) is 0 Å². The Labute approximate surface area is 140 Å². The molecule has 0 saturated heterocycles. The SMILES string of the molecule is CCN(CC)Cc1ccccc1.CCNc1ccc(Cl)cc1. The summed E-state index contributed by atoms with van der Waals surface area (Å²) >= 11 is 5.68. The van der Waals surface area contributed by atoms with Gasteiger partial charge in [-0.15, -0.1) is 0 Å². The van der Waals surface area contributed by atoms with Crippen molar-refractivity contribution in [1.29, 1.82) is 0 Å². The lowest BCUT2D eigenvalue weighted by Crippen LogP contribution is -2.21. The smallest absolute Gasteiger partial charge is 0.0407 e.